The van der Waals surface area contributed by atoms with Crippen LogP contribution in [0.4, 0.5) is 5.95 Å². The molecule has 0 spiro atoms. The summed E-state index contributed by atoms with van der Waals surface area (Å²) in [6.07, 6.45) is 7.99. The smallest absolute Gasteiger partial charge is 0.324 e. The van der Waals surface area contributed by atoms with E-state index in [4.69, 9.17) is 11.2 Å². The molecule has 0 bridgehead atoms. The first-order chi connectivity index (χ1) is 8.83. The molecular formula is C10H11N7O. The van der Waals surface area contributed by atoms with Crippen molar-refractivity contribution in [1.82, 2.24) is 29.7 Å². The largest absolute Gasteiger partial charge is 0.450 e. The molecule has 2 aromatic heterocycles. The van der Waals surface area contributed by atoms with Crippen molar-refractivity contribution in [2.75, 3.05) is 18.5 Å². The van der Waals surface area contributed by atoms with E-state index >= 15 is 0 Å². The molecule has 0 radical (unpaired) electrons. The summed E-state index contributed by atoms with van der Waals surface area (Å²) < 4.78 is 6.59. The van der Waals surface area contributed by atoms with Crippen molar-refractivity contribution in [1.29, 1.82) is 0 Å². The van der Waals surface area contributed by atoms with Crippen LogP contribution in [0.2, 0.25) is 0 Å². The summed E-state index contributed by atoms with van der Waals surface area (Å²) in [5.41, 5.74) is 0. The first-order valence-electron chi connectivity index (χ1n) is 5.24. The Kier molecular flexibility index (Phi) is 3.66. The van der Waals surface area contributed by atoms with Crippen molar-refractivity contribution in [2.24, 2.45) is 0 Å². The van der Waals surface area contributed by atoms with E-state index in [2.05, 4.69) is 36.3 Å². The number of terminal acetylenes is 1. The third kappa shape index (κ3) is 2.70. The molecule has 1 N–H and O–H groups in total. The lowest BCUT2D eigenvalue weighted by molar-refractivity contribution is 0.338. The van der Waals surface area contributed by atoms with Gasteiger partial charge in [-0.15, -0.1) is 6.42 Å². The minimum atomic E-state index is 0.0897. The molecule has 0 fully saturated rings. The molecule has 0 aromatic carbocycles. The molecule has 92 valence electrons. The van der Waals surface area contributed by atoms with E-state index in [0.717, 1.165) is 0 Å². The predicted octanol–water partition coefficient (Wildman–Crippen LogP) is -0.104. The molecule has 8 heteroatoms. The molecule has 0 amide bonds. The van der Waals surface area contributed by atoms with E-state index in [0.29, 0.717) is 18.4 Å². The third-order valence-electron chi connectivity index (χ3n) is 1.85. The van der Waals surface area contributed by atoms with E-state index in [-0.39, 0.29) is 12.6 Å². The first kappa shape index (κ1) is 11.8. The monoisotopic (exact) mass is 245 g/mol. The molecule has 8 nitrogen and oxygen atoms in total. The fourth-order valence-corrected chi connectivity index (χ4v) is 1.17. The second kappa shape index (κ2) is 5.58. The van der Waals surface area contributed by atoms with Gasteiger partial charge in [0.2, 0.25) is 5.95 Å². The Balaban J connectivity index is 2.34. The molecule has 0 aliphatic rings. The molecule has 2 aromatic rings. The van der Waals surface area contributed by atoms with Crippen molar-refractivity contribution in [3.05, 3.63) is 12.7 Å². The van der Waals surface area contributed by atoms with E-state index in [1.807, 2.05) is 6.92 Å². The summed E-state index contributed by atoms with van der Waals surface area (Å²) in [7, 11) is 0. The fraction of sp³-hybridized carbons (Fsp3) is 0.300. The van der Waals surface area contributed by atoms with Crippen LogP contribution >= 0.6 is 0 Å². The van der Waals surface area contributed by atoms with Gasteiger partial charge in [-0.1, -0.05) is 5.92 Å². The van der Waals surface area contributed by atoms with Crippen LogP contribution in [0.3, 0.4) is 0 Å². The number of rotatable bonds is 5. The Labute approximate surface area is 103 Å². The maximum absolute atomic E-state index is 5.18. The highest BCUT2D eigenvalue weighted by Crippen LogP contribution is 2.09. The summed E-state index contributed by atoms with van der Waals surface area (Å²) in [5, 5.41) is 6.91. The highest BCUT2D eigenvalue weighted by atomic mass is 16.5. The van der Waals surface area contributed by atoms with Crippen molar-refractivity contribution in [3.63, 3.8) is 0 Å². The van der Waals surface area contributed by atoms with Gasteiger partial charge in [0.1, 0.15) is 12.7 Å². The van der Waals surface area contributed by atoms with Gasteiger partial charge in [0.05, 0.1) is 0 Å². The van der Waals surface area contributed by atoms with Gasteiger partial charge in [-0.2, -0.15) is 24.7 Å². The first-order valence-corrected chi connectivity index (χ1v) is 5.24. The summed E-state index contributed by atoms with van der Waals surface area (Å²) >= 11 is 0. The van der Waals surface area contributed by atoms with Crippen LogP contribution in [0.15, 0.2) is 12.7 Å². The second-order valence-corrected chi connectivity index (χ2v) is 3.10. The van der Waals surface area contributed by atoms with Gasteiger partial charge in [0.25, 0.3) is 5.95 Å². The molecule has 0 aliphatic heterocycles. The number of nitrogens with one attached hydrogen (secondary N) is 1. The molecule has 0 saturated heterocycles. The van der Waals surface area contributed by atoms with Crippen molar-refractivity contribution in [2.45, 2.75) is 6.92 Å². The zero-order valence-electron chi connectivity index (χ0n) is 9.74. The third-order valence-corrected chi connectivity index (χ3v) is 1.85. The van der Waals surface area contributed by atoms with E-state index in [1.165, 1.54) is 17.3 Å². The van der Waals surface area contributed by atoms with Gasteiger partial charge in [-0.05, 0) is 6.92 Å². The van der Waals surface area contributed by atoms with Crippen LogP contribution in [0.1, 0.15) is 6.92 Å². The van der Waals surface area contributed by atoms with Crippen LogP contribution in [0, 0.1) is 12.3 Å². The SMILES string of the molecule is C#CCOc1nc(NCC)nc(-n2cncn2)n1. The summed E-state index contributed by atoms with van der Waals surface area (Å²) in [6.45, 7) is 2.70. The summed E-state index contributed by atoms with van der Waals surface area (Å²) in [4.78, 5) is 16.1. The van der Waals surface area contributed by atoms with Crippen LogP contribution in [0.25, 0.3) is 5.95 Å². The van der Waals surface area contributed by atoms with E-state index in [1.54, 1.807) is 0 Å². The molecule has 0 saturated carbocycles. The van der Waals surface area contributed by atoms with Gasteiger partial charge < -0.3 is 10.1 Å². The average Bonchev–Trinajstić information content (AvgIpc) is 2.90. The number of ether oxygens (including phenoxy) is 1. The minimum absolute atomic E-state index is 0.0897. The lowest BCUT2D eigenvalue weighted by atomic mass is 10.7. The van der Waals surface area contributed by atoms with Crippen LogP contribution in [-0.2, 0) is 0 Å². The Morgan fingerprint density at radius 2 is 2.33 bits per heavy atom. The summed E-state index contributed by atoms with van der Waals surface area (Å²) in [5.74, 6) is 3.05. The Morgan fingerprint density at radius 3 is 3.00 bits per heavy atom. The molecule has 0 aliphatic carbocycles. The van der Waals surface area contributed by atoms with Gasteiger partial charge in [0, 0.05) is 6.54 Å². The predicted molar refractivity (Wildman–Crippen MR) is 63.2 cm³/mol. The quantitative estimate of drug-likeness (QED) is 0.735. The molecule has 0 atom stereocenters. The Hall–Kier alpha value is -2.69. The lowest BCUT2D eigenvalue weighted by Gasteiger charge is -2.06. The second-order valence-electron chi connectivity index (χ2n) is 3.10. The van der Waals surface area contributed by atoms with Crippen LogP contribution < -0.4 is 10.1 Å². The fourth-order valence-electron chi connectivity index (χ4n) is 1.17. The zero-order valence-corrected chi connectivity index (χ0v) is 9.74. The molecule has 2 heterocycles. The highest BCUT2D eigenvalue weighted by Gasteiger charge is 2.08. The molecule has 18 heavy (non-hydrogen) atoms. The Morgan fingerprint density at radius 1 is 1.44 bits per heavy atom. The van der Waals surface area contributed by atoms with Crippen molar-refractivity contribution in [3.8, 4) is 24.3 Å². The summed E-state index contributed by atoms with van der Waals surface area (Å²) in [6, 6.07) is 0.143. The number of aromatic nitrogens is 6. The van der Waals surface area contributed by atoms with Crippen molar-refractivity contribution >= 4 is 5.95 Å². The standard InChI is InChI=1S/C10H11N7O/c1-3-5-18-10-15-8(12-4-2)14-9(16-10)17-7-11-6-13-17/h1,6-7H,4-5H2,2H3,(H,12,14,15,16). The number of nitrogens with zero attached hydrogens (tertiary/aromatic N) is 6. The topological polar surface area (TPSA) is 90.6 Å². The van der Waals surface area contributed by atoms with E-state index in [9.17, 15) is 0 Å². The van der Waals surface area contributed by atoms with Gasteiger partial charge in [-0.25, -0.2) is 4.98 Å². The maximum atomic E-state index is 5.18. The maximum Gasteiger partial charge on any atom is 0.324 e. The number of hydrogen-bond acceptors (Lipinski definition) is 7. The highest BCUT2D eigenvalue weighted by molar-refractivity contribution is 5.29. The van der Waals surface area contributed by atoms with Gasteiger partial charge in [0.15, 0.2) is 6.61 Å². The lowest BCUT2D eigenvalue weighted by Crippen LogP contribution is -2.11. The van der Waals surface area contributed by atoms with Crippen LogP contribution in [0.5, 0.6) is 6.01 Å². The van der Waals surface area contributed by atoms with Crippen molar-refractivity contribution < 1.29 is 4.74 Å². The zero-order chi connectivity index (χ0) is 12.8. The Bertz CT molecular complexity index is 546. The average molecular weight is 245 g/mol. The van der Waals surface area contributed by atoms with E-state index < -0.39 is 0 Å². The molecule has 2 rings (SSSR count). The number of anilines is 1. The van der Waals surface area contributed by atoms with Gasteiger partial charge in [-0.3, -0.25) is 0 Å². The van der Waals surface area contributed by atoms with Gasteiger partial charge >= 0.3 is 6.01 Å². The number of hydrogen-bond donors (Lipinski definition) is 1. The normalized spacial score (nSPS) is 9.78. The van der Waals surface area contributed by atoms with Crippen LogP contribution in [-0.4, -0.2) is 42.9 Å². The molecular weight excluding hydrogens is 234 g/mol. The molecule has 0 unspecified atom stereocenters. The minimum Gasteiger partial charge on any atom is -0.450 e.